The summed E-state index contributed by atoms with van der Waals surface area (Å²) in [6.07, 6.45) is -0.0889. The molecule has 0 unspecified atom stereocenters. The van der Waals surface area contributed by atoms with Gasteiger partial charge in [-0.05, 0) is 47.9 Å². The number of rotatable bonds is 7. The van der Waals surface area contributed by atoms with Crippen LogP contribution >= 0.6 is 0 Å². The average molecular weight is 373 g/mol. The van der Waals surface area contributed by atoms with Gasteiger partial charge in [-0.1, -0.05) is 42.5 Å². The van der Waals surface area contributed by atoms with E-state index in [1.807, 2.05) is 37.3 Å². The lowest BCUT2D eigenvalue weighted by atomic mass is 10.1. The summed E-state index contributed by atoms with van der Waals surface area (Å²) in [5, 5.41) is 18.6. The van der Waals surface area contributed by atoms with E-state index in [1.165, 1.54) is 0 Å². The van der Waals surface area contributed by atoms with Crippen LogP contribution in [0, 0.1) is 18.3 Å². The van der Waals surface area contributed by atoms with E-state index >= 15 is 0 Å². The number of nitriles is 1. The zero-order chi connectivity index (χ0) is 19.9. The van der Waals surface area contributed by atoms with Crippen LogP contribution in [0.15, 0.2) is 66.7 Å². The number of hydrogen-bond acceptors (Lipinski definition) is 4. The average Bonchev–Trinajstić information content (AvgIpc) is 2.69. The van der Waals surface area contributed by atoms with Gasteiger partial charge in [0.05, 0.1) is 6.42 Å². The van der Waals surface area contributed by atoms with Crippen LogP contribution in [-0.4, -0.2) is 11.1 Å². The molecule has 0 aliphatic heterocycles. The van der Waals surface area contributed by atoms with Gasteiger partial charge in [0, 0.05) is 0 Å². The second kappa shape index (κ2) is 8.74. The van der Waals surface area contributed by atoms with Gasteiger partial charge >= 0.3 is 5.97 Å². The van der Waals surface area contributed by atoms with Gasteiger partial charge in [0.1, 0.15) is 35.5 Å². The topological polar surface area (TPSA) is 79.5 Å². The Kier molecular flexibility index (Phi) is 5.93. The molecule has 3 aromatic carbocycles. The van der Waals surface area contributed by atoms with Crippen molar-refractivity contribution in [2.45, 2.75) is 20.0 Å². The molecule has 1 N–H and O–H groups in total. The van der Waals surface area contributed by atoms with Crippen LogP contribution in [0.5, 0.6) is 17.2 Å². The van der Waals surface area contributed by atoms with Gasteiger partial charge in [0.15, 0.2) is 0 Å². The minimum Gasteiger partial charge on any atom is -0.487 e. The van der Waals surface area contributed by atoms with Crippen LogP contribution in [0.1, 0.15) is 22.3 Å². The molecule has 0 atom stereocenters. The first-order valence-electron chi connectivity index (χ1n) is 8.76. The summed E-state index contributed by atoms with van der Waals surface area (Å²) >= 11 is 0. The number of aryl methyl sites for hydroxylation is 1. The van der Waals surface area contributed by atoms with Crippen molar-refractivity contribution >= 4 is 5.97 Å². The molecule has 3 aromatic rings. The summed E-state index contributed by atoms with van der Waals surface area (Å²) in [7, 11) is 0. The maximum atomic E-state index is 11.0. The molecule has 28 heavy (non-hydrogen) atoms. The van der Waals surface area contributed by atoms with E-state index in [2.05, 4.69) is 6.07 Å². The van der Waals surface area contributed by atoms with Gasteiger partial charge in [0.25, 0.3) is 0 Å². The van der Waals surface area contributed by atoms with Crippen molar-refractivity contribution < 1.29 is 19.4 Å². The van der Waals surface area contributed by atoms with Crippen molar-refractivity contribution in [1.29, 1.82) is 5.26 Å². The standard InChI is InChI=1S/C23H19NO4/c1-16-10-11-19(12-18(16)13-23(25)26)28-22-9-5-8-21(20(22)14-24)27-15-17-6-3-2-4-7-17/h2-12H,13,15H2,1H3,(H,25,26). The van der Waals surface area contributed by atoms with Crippen LogP contribution in [0.2, 0.25) is 0 Å². The highest BCUT2D eigenvalue weighted by atomic mass is 16.5. The van der Waals surface area contributed by atoms with Gasteiger partial charge in [0.2, 0.25) is 0 Å². The molecule has 0 saturated carbocycles. The van der Waals surface area contributed by atoms with E-state index in [0.717, 1.165) is 11.1 Å². The van der Waals surface area contributed by atoms with Gasteiger partial charge in [-0.3, -0.25) is 4.79 Å². The number of aliphatic carboxylic acids is 1. The Balaban J connectivity index is 1.83. The van der Waals surface area contributed by atoms with E-state index < -0.39 is 5.97 Å². The summed E-state index contributed by atoms with van der Waals surface area (Å²) in [5.41, 5.74) is 2.82. The predicted octanol–water partition coefficient (Wildman–Crippen LogP) is 4.87. The van der Waals surface area contributed by atoms with Crippen LogP contribution in [0.25, 0.3) is 0 Å². The fraction of sp³-hybridized carbons (Fsp3) is 0.130. The van der Waals surface area contributed by atoms with Crippen molar-refractivity contribution in [1.82, 2.24) is 0 Å². The summed E-state index contributed by atoms with van der Waals surface area (Å²) in [4.78, 5) is 11.0. The van der Waals surface area contributed by atoms with Crippen molar-refractivity contribution in [2.24, 2.45) is 0 Å². The minimum atomic E-state index is -0.908. The molecule has 5 heteroatoms. The first kappa shape index (κ1) is 19.0. The van der Waals surface area contributed by atoms with Crippen LogP contribution in [0.4, 0.5) is 0 Å². The maximum absolute atomic E-state index is 11.0. The molecule has 0 aliphatic rings. The number of carbonyl (C=O) groups is 1. The molecule has 0 radical (unpaired) electrons. The number of ether oxygens (including phenoxy) is 2. The normalized spacial score (nSPS) is 10.1. The second-order valence-electron chi connectivity index (χ2n) is 6.28. The number of benzene rings is 3. The van der Waals surface area contributed by atoms with Crippen molar-refractivity contribution in [2.75, 3.05) is 0 Å². The van der Waals surface area contributed by atoms with Crippen molar-refractivity contribution in [3.05, 3.63) is 89.0 Å². The molecule has 0 amide bonds. The Hall–Kier alpha value is -3.78. The smallest absolute Gasteiger partial charge is 0.307 e. The molecule has 0 saturated heterocycles. The van der Waals surface area contributed by atoms with Crippen LogP contribution < -0.4 is 9.47 Å². The SMILES string of the molecule is Cc1ccc(Oc2cccc(OCc3ccccc3)c2C#N)cc1CC(=O)O. The molecular weight excluding hydrogens is 354 g/mol. The highest BCUT2D eigenvalue weighted by Gasteiger charge is 2.13. The minimum absolute atomic E-state index is 0.0889. The monoisotopic (exact) mass is 373 g/mol. The molecule has 140 valence electrons. The summed E-state index contributed by atoms with van der Waals surface area (Å²) in [5.74, 6) is 0.354. The quantitative estimate of drug-likeness (QED) is 0.639. The molecule has 0 aliphatic carbocycles. The first-order chi connectivity index (χ1) is 13.6. The third kappa shape index (κ3) is 4.68. The van der Waals surface area contributed by atoms with Gasteiger partial charge < -0.3 is 14.6 Å². The molecule has 3 rings (SSSR count). The van der Waals surface area contributed by atoms with Gasteiger partial charge in [-0.2, -0.15) is 5.26 Å². The predicted molar refractivity (Wildman–Crippen MR) is 105 cm³/mol. The molecule has 0 aromatic heterocycles. The van der Waals surface area contributed by atoms with Crippen molar-refractivity contribution in [3.8, 4) is 23.3 Å². The summed E-state index contributed by atoms with van der Waals surface area (Å²) in [6, 6.07) is 22.2. The highest BCUT2D eigenvalue weighted by Crippen LogP contribution is 2.32. The largest absolute Gasteiger partial charge is 0.487 e. The zero-order valence-electron chi connectivity index (χ0n) is 15.4. The molecular formula is C23H19NO4. The third-order valence-corrected chi connectivity index (χ3v) is 4.23. The maximum Gasteiger partial charge on any atom is 0.307 e. The van der Waals surface area contributed by atoms with Gasteiger partial charge in [-0.25, -0.2) is 0 Å². The summed E-state index contributed by atoms with van der Waals surface area (Å²) in [6.45, 7) is 2.19. The Morgan fingerprint density at radius 2 is 1.79 bits per heavy atom. The first-order valence-corrected chi connectivity index (χ1v) is 8.76. The van der Waals surface area contributed by atoms with Gasteiger partial charge in [-0.15, -0.1) is 0 Å². The molecule has 0 bridgehead atoms. The number of carboxylic acid groups (broad SMARTS) is 1. The number of nitrogens with zero attached hydrogens (tertiary/aromatic N) is 1. The zero-order valence-corrected chi connectivity index (χ0v) is 15.4. The molecule has 0 heterocycles. The van der Waals surface area contributed by atoms with Crippen LogP contribution in [-0.2, 0) is 17.8 Å². The van der Waals surface area contributed by atoms with E-state index in [1.54, 1.807) is 36.4 Å². The number of hydrogen-bond donors (Lipinski definition) is 1. The highest BCUT2D eigenvalue weighted by molar-refractivity contribution is 5.71. The second-order valence-corrected chi connectivity index (χ2v) is 6.28. The fourth-order valence-electron chi connectivity index (χ4n) is 2.75. The van der Waals surface area contributed by atoms with Crippen molar-refractivity contribution in [3.63, 3.8) is 0 Å². The lowest BCUT2D eigenvalue weighted by Crippen LogP contribution is -2.02. The fourth-order valence-corrected chi connectivity index (χ4v) is 2.75. The van der Waals surface area contributed by atoms with E-state index in [-0.39, 0.29) is 6.42 Å². The Morgan fingerprint density at radius 3 is 2.50 bits per heavy atom. The third-order valence-electron chi connectivity index (χ3n) is 4.23. The van der Waals surface area contributed by atoms with E-state index in [9.17, 15) is 10.1 Å². The summed E-state index contributed by atoms with van der Waals surface area (Å²) < 4.78 is 11.7. The lowest BCUT2D eigenvalue weighted by molar-refractivity contribution is -0.136. The Morgan fingerprint density at radius 1 is 1.04 bits per heavy atom. The number of carboxylic acids is 1. The Labute approximate surface area is 163 Å². The van der Waals surface area contributed by atoms with E-state index in [0.29, 0.717) is 35.0 Å². The molecule has 5 nitrogen and oxygen atoms in total. The lowest BCUT2D eigenvalue weighted by Gasteiger charge is -2.13. The van der Waals surface area contributed by atoms with E-state index in [4.69, 9.17) is 14.6 Å². The molecule has 0 fully saturated rings. The molecule has 0 spiro atoms. The van der Waals surface area contributed by atoms with Crippen LogP contribution in [0.3, 0.4) is 0 Å². The Bertz CT molecular complexity index is 1020.